The minimum atomic E-state index is 0.297. The van der Waals surface area contributed by atoms with E-state index in [1.54, 1.807) is 0 Å². The maximum atomic E-state index is 5.08. The molecule has 0 radical (unpaired) electrons. The van der Waals surface area contributed by atoms with Crippen LogP contribution >= 0.6 is 0 Å². The second kappa shape index (κ2) is 3.73. The van der Waals surface area contributed by atoms with Gasteiger partial charge in [-0.3, -0.25) is 9.89 Å². The first-order valence-electron chi connectivity index (χ1n) is 8.24. The molecule has 0 amide bonds. The summed E-state index contributed by atoms with van der Waals surface area (Å²) in [6, 6.07) is 9.66. The molecule has 0 aromatic heterocycles. The number of aliphatic imine (C=N–C) groups is 1. The number of hydrogen-bond acceptors (Lipinski definition) is 2. The number of hydrogen-bond donors (Lipinski definition) is 0. The molecule has 2 saturated heterocycles. The van der Waals surface area contributed by atoms with E-state index < -0.39 is 0 Å². The molecule has 1 spiro atoms. The molecule has 1 aliphatic carbocycles. The van der Waals surface area contributed by atoms with E-state index in [2.05, 4.69) is 36.1 Å². The Hall–Kier alpha value is -1.15. The van der Waals surface area contributed by atoms with Gasteiger partial charge in [0.2, 0.25) is 0 Å². The fourth-order valence-corrected chi connectivity index (χ4v) is 5.64. The van der Waals surface area contributed by atoms with Crippen molar-refractivity contribution in [2.75, 3.05) is 13.1 Å². The van der Waals surface area contributed by atoms with Crippen LogP contribution in [0.1, 0.15) is 38.2 Å². The highest BCUT2D eigenvalue weighted by atomic mass is 15.2. The van der Waals surface area contributed by atoms with Crippen LogP contribution in [-0.4, -0.2) is 29.7 Å². The van der Waals surface area contributed by atoms with Gasteiger partial charge in [-0.05, 0) is 49.3 Å². The molecule has 4 atom stereocenters. The standard InChI is InChI=1S/C18H22N2/c1-2-12-11-20-8-7-18-14-5-3-4-6-15(14)19-16(18)9-13(12)10-17(18)20/h3-6,12-13,17H,2,7-11H2,1H3/t12-,13+,17?,18+/m1/s1. The predicted molar refractivity (Wildman–Crippen MR) is 81.7 cm³/mol. The fourth-order valence-electron chi connectivity index (χ4n) is 5.64. The van der Waals surface area contributed by atoms with Crippen molar-refractivity contribution in [3.8, 4) is 0 Å². The maximum Gasteiger partial charge on any atom is 0.0671 e. The van der Waals surface area contributed by atoms with Gasteiger partial charge in [0, 0.05) is 18.3 Å². The number of benzene rings is 1. The molecular formula is C18H22N2. The summed E-state index contributed by atoms with van der Waals surface area (Å²) in [5.41, 5.74) is 4.63. The first-order valence-corrected chi connectivity index (χ1v) is 8.24. The Morgan fingerprint density at radius 1 is 1.35 bits per heavy atom. The Kier molecular flexibility index (Phi) is 2.15. The van der Waals surface area contributed by atoms with E-state index in [9.17, 15) is 0 Å². The van der Waals surface area contributed by atoms with Gasteiger partial charge in [-0.1, -0.05) is 31.5 Å². The molecule has 1 unspecified atom stereocenters. The molecule has 2 nitrogen and oxygen atoms in total. The topological polar surface area (TPSA) is 15.6 Å². The van der Waals surface area contributed by atoms with Crippen molar-refractivity contribution < 1.29 is 0 Å². The lowest BCUT2D eigenvalue weighted by molar-refractivity contribution is 0.0667. The molecule has 1 saturated carbocycles. The summed E-state index contributed by atoms with van der Waals surface area (Å²) in [5.74, 6) is 1.79. The Morgan fingerprint density at radius 2 is 2.25 bits per heavy atom. The van der Waals surface area contributed by atoms with Crippen molar-refractivity contribution in [2.24, 2.45) is 16.8 Å². The summed E-state index contributed by atoms with van der Waals surface area (Å²) >= 11 is 0. The van der Waals surface area contributed by atoms with Gasteiger partial charge >= 0.3 is 0 Å². The van der Waals surface area contributed by atoms with Crippen LogP contribution in [0.5, 0.6) is 0 Å². The van der Waals surface area contributed by atoms with Gasteiger partial charge < -0.3 is 0 Å². The lowest BCUT2D eigenvalue weighted by Gasteiger charge is -2.50. The summed E-state index contributed by atoms with van der Waals surface area (Å²) in [5, 5.41) is 0. The number of para-hydroxylation sites is 1. The summed E-state index contributed by atoms with van der Waals surface area (Å²) in [4.78, 5) is 7.88. The van der Waals surface area contributed by atoms with Gasteiger partial charge in [0.05, 0.1) is 11.1 Å². The van der Waals surface area contributed by atoms with Gasteiger partial charge in [-0.25, -0.2) is 0 Å². The second-order valence-corrected chi connectivity index (χ2v) is 7.18. The largest absolute Gasteiger partial charge is 0.299 e. The lowest BCUT2D eigenvalue weighted by atomic mass is 9.59. The van der Waals surface area contributed by atoms with Gasteiger partial charge in [-0.15, -0.1) is 0 Å². The Labute approximate surface area is 120 Å². The smallest absolute Gasteiger partial charge is 0.0671 e. The average molecular weight is 266 g/mol. The van der Waals surface area contributed by atoms with Crippen LogP contribution in [0.15, 0.2) is 29.3 Å². The summed E-state index contributed by atoms with van der Waals surface area (Å²) in [6.45, 7) is 4.98. The highest BCUT2D eigenvalue weighted by molar-refractivity contribution is 6.03. The Morgan fingerprint density at radius 3 is 3.15 bits per heavy atom. The highest BCUT2D eigenvalue weighted by Gasteiger charge is 2.60. The predicted octanol–water partition coefficient (Wildman–Crippen LogP) is 3.53. The van der Waals surface area contributed by atoms with Crippen molar-refractivity contribution in [2.45, 2.75) is 44.1 Å². The summed E-state index contributed by atoms with van der Waals surface area (Å²) in [6.07, 6.45) is 5.31. The zero-order valence-electron chi connectivity index (χ0n) is 12.2. The molecular weight excluding hydrogens is 244 g/mol. The van der Waals surface area contributed by atoms with Crippen LogP contribution in [0.25, 0.3) is 0 Å². The first-order chi connectivity index (χ1) is 9.83. The molecule has 1 aromatic rings. The molecule has 3 fully saturated rings. The van der Waals surface area contributed by atoms with E-state index in [0.717, 1.165) is 17.9 Å². The number of rotatable bonds is 1. The maximum absolute atomic E-state index is 5.08. The SMILES string of the molecule is CC[C@@H]1CN2CC[C@@]34C(=Nc5ccccc53)C[C@H]1CC24. The molecule has 2 bridgehead atoms. The van der Waals surface area contributed by atoms with Crippen molar-refractivity contribution in [1.82, 2.24) is 4.90 Å². The minimum absolute atomic E-state index is 0.297. The van der Waals surface area contributed by atoms with Crippen LogP contribution in [0.2, 0.25) is 0 Å². The molecule has 2 heteroatoms. The van der Waals surface area contributed by atoms with Crippen LogP contribution < -0.4 is 0 Å². The summed E-state index contributed by atoms with van der Waals surface area (Å²) in [7, 11) is 0. The molecule has 1 aromatic carbocycles. The third kappa shape index (κ3) is 1.18. The van der Waals surface area contributed by atoms with Gasteiger partial charge in [0.1, 0.15) is 0 Å². The number of nitrogens with zero attached hydrogens (tertiary/aromatic N) is 2. The van der Waals surface area contributed by atoms with Crippen molar-refractivity contribution >= 4 is 11.4 Å². The normalized spacial score (nSPS) is 41.2. The van der Waals surface area contributed by atoms with Crippen LogP contribution in [0.3, 0.4) is 0 Å². The monoisotopic (exact) mass is 266 g/mol. The van der Waals surface area contributed by atoms with Crippen LogP contribution in [-0.2, 0) is 5.41 Å². The molecule has 0 N–H and O–H groups in total. The average Bonchev–Trinajstić information content (AvgIpc) is 3.02. The van der Waals surface area contributed by atoms with Gasteiger partial charge in [-0.2, -0.15) is 0 Å². The molecule has 5 rings (SSSR count). The quantitative estimate of drug-likeness (QED) is 0.759. The Balaban J connectivity index is 1.69. The van der Waals surface area contributed by atoms with Crippen molar-refractivity contribution in [3.63, 3.8) is 0 Å². The van der Waals surface area contributed by atoms with E-state index in [1.165, 1.54) is 55.7 Å². The molecule has 20 heavy (non-hydrogen) atoms. The third-order valence-electron chi connectivity index (χ3n) is 6.60. The Bertz CT molecular complexity index is 605. The van der Waals surface area contributed by atoms with Crippen LogP contribution in [0, 0.1) is 11.8 Å². The fraction of sp³-hybridized carbons (Fsp3) is 0.611. The molecule has 3 heterocycles. The lowest BCUT2D eigenvalue weighted by Crippen LogP contribution is -2.57. The van der Waals surface area contributed by atoms with E-state index in [4.69, 9.17) is 4.99 Å². The molecule has 3 aliphatic heterocycles. The minimum Gasteiger partial charge on any atom is -0.299 e. The highest BCUT2D eigenvalue weighted by Crippen LogP contribution is 2.58. The number of piperidine rings is 1. The van der Waals surface area contributed by atoms with E-state index >= 15 is 0 Å². The third-order valence-corrected chi connectivity index (χ3v) is 6.60. The molecule has 4 aliphatic rings. The van der Waals surface area contributed by atoms with Gasteiger partial charge in [0.25, 0.3) is 0 Å². The van der Waals surface area contributed by atoms with Crippen molar-refractivity contribution in [1.29, 1.82) is 0 Å². The van der Waals surface area contributed by atoms with Crippen molar-refractivity contribution in [3.05, 3.63) is 29.8 Å². The van der Waals surface area contributed by atoms with Crippen LogP contribution in [0.4, 0.5) is 5.69 Å². The van der Waals surface area contributed by atoms with E-state index in [0.29, 0.717) is 5.41 Å². The van der Waals surface area contributed by atoms with E-state index in [1.807, 2.05) is 0 Å². The number of fused-ring (bicyclic) bond motifs is 2. The van der Waals surface area contributed by atoms with Gasteiger partial charge in [0.15, 0.2) is 0 Å². The second-order valence-electron chi connectivity index (χ2n) is 7.18. The van der Waals surface area contributed by atoms with E-state index in [-0.39, 0.29) is 0 Å². The summed E-state index contributed by atoms with van der Waals surface area (Å²) < 4.78 is 0. The first kappa shape index (κ1) is 11.5. The molecule has 104 valence electrons. The zero-order chi connectivity index (χ0) is 13.3. The zero-order valence-corrected chi connectivity index (χ0v) is 12.2.